The Balaban J connectivity index is 2.52. The van der Waals surface area contributed by atoms with Crippen molar-refractivity contribution in [2.45, 2.75) is 20.8 Å². The maximum atomic E-state index is 5.99. The standard InChI is InChI=1S/C14H19N3/c1-9(2)8-17-14-13-10(3)4-5-12(15)11(13)6-7-16-14/h4-7,9H,8,15H2,1-3H3,(H,16,17). The first kappa shape index (κ1) is 11.7. The largest absolute Gasteiger partial charge is 0.398 e. The number of nitrogens with two attached hydrogens (primary N) is 1. The first-order chi connectivity index (χ1) is 8.09. The van der Waals surface area contributed by atoms with Crippen LogP contribution >= 0.6 is 0 Å². The van der Waals surface area contributed by atoms with Crippen LogP contribution in [0.25, 0.3) is 10.8 Å². The molecule has 0 spiro atoms. The fraction of sp³-hybridized carbons (Fsp3) is 0.357. The Kier molecular flexibility index (Phi) is 3.18. The number of aryl methyl sites for hydroxylation is 1. The number of aromatic nitrogens is 1. The van der Waals surface area contributed by atoms with Crippen molar-refractivity contribution < 1.29 is 0 Å². The third-order valence-corrected chi connectivity index (χ3v) is 2.85. The van der Waals surface area contributed by atoms with Gasteiger partial charge in [0.15, 0.2) is 0 Å². The average Bonchev–Trinajstić information content (AvgIpc) is 2.31. The quantitative estimate of drug-likeness (QED) is 0.795. The lowest BCUT2D eigenvalue weighted by Crippen LogP contribution is -2.09. The summed E-state index contributed by atoms with van der Waals surface area (Å²) in [5.74, 6) is 1.52. The molecule has 0 aliphatic heterocycles. The number of pyridine rings is 1. The number of hydrogen-bond donors (Lipinski definition) is 2. The summed E-state index contributed by atoms with van der Waals surface area (Å²) in [5.41, 5.74) is 8.00. The highest BCUT2D eigenvalue weighted by molar-refractivity contribution is 6.01. The predicted molar refractivity (Wildman–Crippen MR) is 74.2 cm³/mol. The lowest BCUT2D eigenvalue weighted by molar-refractivity contribution is 0.687. The van der Waals surface area contributed by atoms with Crippen LogP contribution in [0.3, 0.4) is 0 Å². The van der Waals surface area contributed by atoms with Gasteiger partial charge in [0.2, 0.25) is 0 Å². The van der Waals surface area contributed by atoms with E-state index < -0.39 is 0 Å². The normalized spacial score (nSPS) is 11.1. The molecule has 3 nitrogen and oxygen atoms in total. The Labute approximate surface area is 102 Å². The first-order valence-corrected chi connectivity index (χ1v) is 5.97. The summed E-state index contributed by atoms with van der Waals surface area (Å²) >= 11 is 0. The van der Waals surface area contributed by atoms with Crippen LogP contribution in [-0.4, -0.2) is 11.5 Å². The molecule has 0 bridgehead atoms. The minimum absolute atomic E-state index is 0.591. The number of nitrogens with one attached hydrogen (secondary N) is 1. The summed E-state index contributed by atoms with van der Waals surface area (Å²) in [7, 11) is 0. The van der Waals surface area contributed by atoms with Crippen molar-refractivity contribution >= 4 is 22.3 Å². The van der Waals surface area contributed by atoms with Crippen LogP contribution in [0.15, 0.2) is 24.4 Å². The Hall–Kier alpha value is -1.77. The molecular formula is C14H19N3. The molecule has 0 unspecified atom stereocenters. The van der Waals surface area contributed by atoms with Crippen molar-refractivity contribution in [3.8, 4) is 0 Å². The van der Waals surface area contributed by atoms with Crippen molar-refractivity contribution in [1.29, 1.82) is 0 Å². The van der Waals surface area contributed by atoms with Gasteiger partial charge in [-0.3, -0.25) is 0 Å². The highest BCUT2D eigenvalue weighted by Gasteiger charge is 2.07. The van der Waals surface area contributed by atoms with E-state index in [1.165, 1.54) is 5.56 Å². The van der Waals surface area contributed by atoms with Gasteiger partial charge in [0.05, 0.1) is 0 Å². The van der Waals surface area contributed by atoms with E-state index in [0.717, 1.165) is 28.8 Å². The van der Waals surface area contributed by atoms with E-state index in [1.807, 2.05) is 18.2 Å². The van der Waals surface area contributed by atoms with E-state index >= 15 is 0 Å². The highest BCUT2D eigenvalue weighted by atomic mass is 15.0. The van der Waals surface area contributed by atoms with Crippen molar-refractivity contribution in [2.24, 2.45) is 5.92 Å². The number of nitrogens with zero attached hydrogens (tertiary/aromatic N) is 1. The van der Waals surface area contributed by atoms with Gasteiger partial charge in [-0.1, -0.05) is 19.9 Å². The summed E-state index contributed by atoms with van der Waals surface area (Å²) < 4.78 is 0. The summed E-state index contributed by atoms with van der Waals surface area (Å²) in [6.07, 6.45) is 1.81. The van der Waals surface area contributed by atoms with Crippen LogP contribution in [0, 0.1) is 12.8 Å². The lowest BCUT2D eigenvalue weighted by Gasteiger charge is -2.13. The molecule has 0 atom stereocenters. The Morgan fingerprint density at radius 1 is 1.29 bits per heavy atom. The van der Waals surface area contributed by atoms with Gasteiger partial charge in [-0.25, -0.2) is 4.98 Å². The molecule has 0 radical (unpaired) electrons. The summed E-state index contributed by atoms with van der Waals surface area (Å²) in [6.45, 7) is 7.36. The molecule has 0 aliphatic rings. The molecule has 3 N–H and O–H groups in total. The van der Waals surface area contributed by atoms with Gasteiger partial charge in [-0.2, -0.15) is 0 Å². The lowest BCUT2D eigenvalue weighted by atomic mass is 10.0. The number of fused-ring (bicyclic) bond motifs is 1. The van der Waals surface area contributed by atoms with E-state index in [0.29, 0.717) is 5.92 Å². The third kappa shape index (κ3) is 2.33. The molecule has 1 aromatic carbocycles. The molecule has 0 saturated heterocycles. The van der Waals surface area contributed by atoms with Gasteiger partial charge in [-0.15, -0.1) is 0 Å². The van der Waals surface area contributed by atoms with E-state index in [-0.39, 0.29) is 0 Å². The molecule has 2 aromatic rings. The maximum absolute atomic E-state index is 5.99. The van der Waals surface area contributed by atoms with Crippen LogP contribution in [0.5, 0.6) is 0 Å². The van der Waals surface area contributed by atoms with E-state index in [2.05, 4.69) is 31.1 Å². The molecule has 0 fully saturated rings. The second-order valence-corrected chi connectivity index (χ2v) is 4.83. The molecule has 1 heterocycles. The SMILES string of the molecule is Cc1ccc(N)c2ccnc(NCC(C)C)c12. The molecule has 0 amide bonds. The smallest absolute Gasteiger partial charge is 0.134 e. The summed E-state index contributed by atoms with van der Waals surface area (Å²) in [4.78, 5) is 4.41. The molecular weight excluding hydrogens is 210 g/mol. The van der Waals surface area contributed by atoms with Gasteiger partial charge in [-0.05, 0) is 30.5 Å². The average molecular weight is 229 g/mol. The van der Waals surface area contributed by atoms with Crippen molar-refractivity contribution in [1.82, 2.24) is 4.98 Å². The topological polar surface area (TPSA) is 50.9 Å². The van der Waals surface area contributed by atoms with Crippen molar-refractivity contribution in [3.05, 3.63) is 30.0 Å². The monoisotopic (exact) mass is 229 g/mol. The van der Waals surface area contributed by atoms with Crippen molar-refractivity contribution in [3.63, 3.8) is 0 Å². The van der Waals surface area contributed by atoms with Crippen molar-refractivity contribution in [2.75, 3.05) is 17.6 Å². The summed E-state index contributed by atoms with van der Waals surface area (Å²) in [5, 5.41) is 5.60. The van der Waals surface area contributed by atoms with Gasteiger partial charge < -0.3 is 11.1 Å². The minimum Gasteiger partial charge on any atom is -0.398 e. The number of nitrogen functional groups attached to an aromatic ring is 1. The van der Waals surface area contributed by atoms with Crippen LogP contribution in [0.1, 0.15) is 19.4 Å². The minimum atomic E-state index is 0.591. The number of hydrogen-bond acceptors (Lipinski definition) is 3. The van der Waals surface area contributed by atoms with Gasteiger partial charge in [0, 0.05) is 29.2 Å². The molecule has 0 aliphatic carbocycles. The predicted octanol–water partition coefficient (Wildman–Crippen LogP) is 3.19. The molecule has 1 aromatic heterocycles. The molecule has 0 saturated carbocycles. The highest BCUT2D eigenvalue weighted by Crippen LogP contribution is 2.29. The second kappa shape index (κ2) is 4.62. The van der Waals surface area contributed by atoms with Gasteiger partial charge >= 0.3 is 0 Å². The van der Waals surface area contributed by atoms with Crippen LogP contribution in [-0.2, 0) is 0 Å². The van der Waals surface area contributed by atoms with E-state index in [9.17, 15) is 0 Å². The number of rotatable bonds is 3. The van der Waals surface area contributed by atoms with Crippen LogP contribution in [0.4, 0.5) is 11.5 Å². The van der Waals surface area contributed by atoms with E-state index in [4.69, 9.17) is 5.73 Å². The first-order valence-electron chi connectivity index (χ1n) is 5.97. The van der Waals surface area contributed by atoms with Gasteiger partial charge in [0.25, 0.3) is 0 Å². The zero-order chi connectivity index (χ0) is 12.4. The summed E-state index contributed by atoms with van der Waals surface area (Å²) in [6, 6.07) is 5.96. The zero-order valence-electron chi connectivity index (χ0n) is 10.6. The molecule has 3 heteroatoms. The molecule has 17 heavy (non-hydrogen) atoms. The molecule has 90 valence electrons. The third-order valence-electron chi connectivity index (χ3n) is 2.85. The van der Waals surface area contributed by atoms with Crippen LogP contribution < -0.4 is 11.1 Å². The Bertz CT molecular complexity index is 532. The second-order valence-electron chi connectivity index (χ2n) is 4.83. The van der Waals surface area contributed by atoms with Gasteiger partial charge in [0.1, 0.15) is 5.82 Å². The Morgan fingerprint density at radius 3 is 2.76 bits per heavy atom. The fourth-order valence-corrected chi connectivity index (χ4v) is 1.92. The fourth-order valence-electron chi connectivity index (χ4n) is 1.92. The van der Waals surface area contributed by atoms with E-state index in [1.54, 1.807) is 6.20 Å². The van der Waals surface area contributed by atoms with Crippen LogP contribution in [0.2, 0.25) is 0 Å². The Morgan fingerprint density at radius 2 is 2.06 bits per heavy atom. The number of anilines is 2. The number of benzene rings is 1. The maximum Gasteiger partial charge on any atom is 0.134 e. The zero-order valence-corrected chi connectivity index (χ0v) is 10.6. The molecule has 2 rings (SSSR count).